The molecule has 0 saturated heterocycles. The molecule has 1 aromatic carbocycles. The molecule has 3 nitrogen and oxygen atoms in total. The van der Waals surface area contributed by atoms with Crippen LogP contribution in [0.4, 0.5) is 4.39 Å². The lowest BCUT2D eigenvalue weighted by atomic mass is 9.86. The minimum absolute atomic E-state index is 0.120. The molecule has 1 amide bonds. The van der Waals surface area contributed by atoms with E-state index in [4.69, 9.17) is 4.74 Å². The smallest absolute Gasteiger partial charge is 0.244 e. The van der Waals surface area contributed by atoms with Gasteiger partial charge in [-0.1, -0.05) is 25.8 Å². The van der Waals surface area contributed by atoms with Gasteiger partial charge in [-0.3, -0.25) is 4.79 Å². The van der Waals surface area contributed by atoms with E-state index in [1.165, 1.54) is 38.5 Å². The van der Waals surface area contributed by atoms with Gasteiger partial charge in [0.25, 0.3) is 0 Å². The zero-order valence-electron chi connectivity index (χ0n) is 12.6. The van der Waals surface area contributed by atoms with Crippen LogP contribution in [0.15, 0.2) is 24.3 Å². The number of amides is 1. The minimum atomic E-state index is -0.430. The highest BCUT2D eigenvalue weighted by Gasteiger charge is 2.21. The molecule has 114 valence electrons. The number of hydrogen-bond donors (Lipinski definition) is 1. The van der Waals surface area contributed by atoms with E-state index >= 15 is 0 Å². The first-order chi connectivity index (χ1) is 10.1. The van der Waals surface area contributed by atoms with Crippen molar-refractivity contribution in [3.63, 3.8) is 0 Å². The van der Waals surface area contributed by atoms with E-state index in [1.807, 2.05) is 0 Å². The Kier molecular flexibility index (Phi) is 5.37. The van der Waals surface area contributed by atoms with E-state index in [2.05, 4.69) is 12.2 Å². The van der Waals surface area contributed by atoms with Crippen molar-refractivity contribution in [2.24, 2.45) is 5.92 Å². The Morgan fingerprint density at radius 3 is 2.81 bits per heavy atom. The number of halogens is 1. The molecule has 1 fully saturated rings. The van der Waals surface area contributed by atoms with Crippen molar-refractivity contribution in [2.75, 3.05) is 7.11 Å². The maximum absolute atomic E-state index is 13.5. The number of rotatable bonds is 4. The zero-order valence-corrected chi connectivity index (χ0v) is 12.6. The first kappa shape index (κ1) is 15.5. The van der Waals surface area contributed by atoms with E-state index in [0.717, 1.165) is 6.42 Å². The molecular formula is C17H22FNO2. The van der Waals surface area contributed by atoms with Crippen molar-refractivity contribution < 1.29 is 13.9 Å². The summed E-state index contributed by atoms with van der Waals surface area (Å²) in [5.41, 5.74) is 0.639. The lowest BCUT2D eigenvalue weighted by Gasteiger charge is -2.29. The summed E-state index contributed by atoms with van der Waals surface area (Å²) in [4.78, 5) is 11.9. The monoisotopic (exact) mass is 291 g/mol. The summed E-state index contributed by atoms with van der Waals surface area (Å²) in [6, 6.07) is 4.88. The molecule has 1 N–H and O–H groups in total. The van der Waals surface area contributed by atoms with Gasteiger partial charge in [0.15, 0.2) is 11.6 Å². The van der Waals surface area contributed by atoms with Crippen LogP contribution >= 0.6 is 0 Å². The van der Waals surface area contributed by atoms with Crippen LogP contribution in [-0.2, 0) is 4.79 Å². The average Bonchev–Trinajstić information content (AvgIpc) is 2.48. The maximum atomic E-state index is 13.5. The predicted molar refractivity (Wildman–Crippen MR) is 81.5 cm³/mol. The molecule has 0 heterocycles. The summed E-state index contributed by atoms with van der Waals surface area (Å²) in [7, 11) is 1.42. The van der Waals surface area contributed by atoms with Gasteiger partial charge in [-0.2, -0.15) is 0 Å². The minimum Gasteiger partial charge on any atom is -0.494 e. The van der Waals surface area contributed by atoms with Crippen LogP contribution in [0, 0.1) is 11.7 Å². The van der Waals surface area contributed by atoms with E-state index in [-0.39, 0.29) is 17.7 Å². The van der Waals surface area contributed by atoms with Gasteiger partial charge in [0.1, 0.15) is 0 Å². The molecule has 0 spiro atoms. The van der Waals surface area contributed by atoms with Gasteiger partial charge in [0, 0.05) is 12.1 Å². The molecule has 21 heavy (non-hydrogen) atoms. The number of carbonyl (C=O) groups is 1. The van der Waals surface area contributed by atoms with E-state index in [1.54, 1.807) is 18.2 Å². The Morgan fingerprint density at radius 2 is 2.14 bits per heavy atom. The van der Waals surface area contributed by atoms with Gasteiger partial charge in [-0.25, -0.2) is 4.39 Å². The van der Waals surface area contributed by atoms with Gasteiger partial charge in [0.2, 0.25) is 5.91 Å². The second-order valence-electron chi connectivity index (χ2n) is 5.60. The largest absolute Gasteiger partial charge is 0.494 e. The summed E-state index contributed by atoms with van der Waals surface area (Å²) in [6.45, 7) is 2.17. The quantitative estimate of drug-likeness (QED) is 0.862. The van der Waals surface area contributed by atoms with Crippen molar-refractivity contribution in [3.8, 4) is 5.75 Å². The molecule has 0 radical (unpaired) electrons. The number of methoxy groups -OCH3 is 1. The SMILES string of the molecule is COc1ccc(/C=C/C(=O)N[C@@H]2CCCC[C@@H]2C)cc1F. The number of carbonyl (C=O) groups excluding carboxylic acids is 1. The number of nitrogens with one attached hydrogen (secondary N) is 1. The van der Waals surface area contributed by atoms with Crippen molar-refractivity contribution in [1.29, 1.82) is 0 Å². The molecule has 2 atom stereocenters. The van der Waals surface area contributed by atoms with E-state index in [0.29, 0.717) is 11.5 Å². The van der Waals surface area contributed by atoms with Crippen molar-refractivity contribution in [1.82, 2.24) is 5.32 Å². The molecule has 4 heteroatoms. The van der Waals surface area contributed by atoms with Crippen LogP contribution in [0.5, 0.6) is 5.75 Å². The summed E-state index contributed by atoms with van der Waals surface area (Å²) >= 11 is 0. The van der Waals surface area contributed by atoms with Crippen molar-refractivity contribution in [2.45, 2.75) is 38.6 Å². The summed E-state index contributed by atoms with van der Waals surface area (Å²) in [5, 5.41) is 3.03. The highest BCUT2D eigenvalue weighted by Crippen LogP contribution is 2.23. The molecule has 1 aromatic rings. The lowest BCUT2D eigenvalue weighted by Crippen LogP contribution is -2.40. The Bertz CT molecular complexity index is 528. The van der Waals surface area contributed by atoms with Crippen LogP contribution in [0.2, 0.25) is 0 Å². The Balaban J connectivity index is 1.94. The maximum Gasteiger partial charge on any atom is 0.244 e. The molecule has 1 aliphatic carbocycles. The standard InChI is InChI=1S/C17H22FNO2/c1-12-5-3-4-6-15(12)19-17(20)10-8-13-7-9-16(21-2)14(18)11-13/h7-12,15H,3-6H2,1-2H3,(H,19,20)/b10-8+/t12-,15+/m0/s1. The Hall–Kier alpha value is -1.84. The van der Waals surface area contributed by atoms with Crippen LogP contribution < -0.4 is 10.1 Å². The predicted octanol–water partition coefficient (Wildman–Crippen LogP) is 3.54. The summed E-state index contributed by atoms with van der Waals surface area (Å²) < 4.78 is 18.4. The molecule has 0 aromatic heterocycles. The van der Waals surface area contributed by atoms with Crippen LogP contribution in [0.25, 0.3) is 6.08 Å². The molecule has 1 aliphatic rings. The third-order valence-electron chi connectivity index (χ3n) is 4.04. The molecule has 0 aliphatic heterocycles. The molecule has 2 rings (SSSR count). The fourth-order valence-electron chi connectivity index (χ4n) is 2.72. The van der Waals surface area contributed by atoms with Crippen LogP contribution in [-0.4, -0.2) is 19.1 Å². The second kappa shape index (κ2) is 7.25. The van der Waals surface area contributed by atoms with E-state index < -0.39 is 5.82 Å². The highest BCUT2D eigenvalue weighted by molar-refractivity contribution is 5.91. The lowest BCUT2D eigenvalue weighted by molar-refractivity contribution is -0.117. The normalized spacial score (nSPS) is 22.2. The third kappa shape index (κ3) is 4.31. The van der Waals surface area contributed by atoms with Gasteiger partial charge < -0.3 is 10.1 Å². The molecule has 0 bridgehead atoms. The first-order valence-corrected chi connectivity index (χ1v) is 7.42. The number of hydrogen-bond acceptors (Lipinski definition) is 2. The topological polar surface area (TPSA) is 38.3 Å². The Labute approximate surface area is 125 Å². The molecule has 1 saturated carbocycles. The van der Waals surface area contributed by atoms with E-state index in [9.17, 15) is 9.18 Å². The molecule has 0 unspecified atom stereocenters. The third-order valence-corrected chi connectivity index (χ3v) is 4.04. The van der Waals surface area contributed by atoms with Crippen molar-refractivity contribution in [3.05, 3.63) is 35.7 Å². The van der Waals surface area contributed by atoms with Gasteiger partial charge in [0.05, 0.1) is 7.11 Å². The second-order valence-corrected chi connectivity index (χ2v) is 5.60. The Morgan fingerprint density at radius 1 is 1.38 bits per heavy atom. The van der Waals surface area contributed by atoms with Gasteiger partial charge in [-0.15, -0.1) is 0 Å². The van der Waals surface area contributed by atoms with Gasteiger partial charge >= 0.3 is 0 Å². The zero-order chi connectivity index (χ0) is 15.2. The highest BCUT2D eigenvalue weighted by atomic mass is 19.1. The number of ether oxygens (including phenoxy) is 1. The average molecular weight is 291 g/mol. The fraction of sp³-hybridized carbons (Fsp3) is 0.471. The summed E-state index contributed by atoms with van der Waals surface area (Å²) in [6.07, 6.45) is 7.70. The molecular weight excluding hydrogens is 269 g/mol. The number of benzene rings is 1. The van der Waals surface area contributed by atoms with Crippen LogP contribution in [0.3, 0.4) is 0 Å². The van der Waals surface area contributed by atoms with Crippen molar-refractivity contribution >= 4 is 12.0 Å². The van der Waals surface area contributed by atoms with Gasteiger partial charge in [-0.05, 0) is 42.5 Å². The van der Waals surface area contributed by atoms with Crippen LogP contribution in [0.1, 0.15) is 38.2 Å². The summed E-state index contributed by atoms with van der Waals surface area (Å²) in [5.74, 6) is 0.174. The first-order valence-electron chi connectivity index (χ1n) is 7.42. The fourth-order valence-corrected chi connectivity index (χ4v) is 2.72.